The molecule has 3 heterocycles. The summed E-state index contributed by atoms with van der Waals surface area (Å²) in [5.74, 6) is -0.146. The number of amides is 1. The Labute approximate surface area is 181 Å². The molecule has 0 saturated carbocycles. The van der Waals surface area contributed by atoms with E-state index >= 15 is 0 Å². The van der Waals surface area contributed by atoms with Crippen molar-refractivity contribution in [2.45, 2.75) is 6.92 Å². The van der Waals surface area contributed by atoms with Crippen LogP contribution in [0.15, 0.2) is 72.2 Å². The van der Waals surface area contributed by atoms with Gasteiger partial charge in [-0.1, -0.05) is 12.1 Å². The highest BCUT2D eigenvalue weighted by atomic mass is 32.1. The van der Waals surface area contributed by atoms with Gasteiger partial charge in [-0.15, -0.1) is 11.3 Å². The summed E-state index contributed by atoms with van der Waals surface area (Å²) in [4.78, 5) is 21.7. The lowest BCUT2D eigenvalue weighted by Gasteiger charge is -2.07. The monoisotopic (exact) mass is 429 g/mol. The summed E-state index contributed by atoms with van der Waals surface area (Å²) in [5, 5.41) is 7.29. The highest BCUT2D eigenvalue weighted by Gasteiger charge is 2.18. The van der Waals surface area contributed by atoms with Gasteiger partial charge in [-0.2, -0.15) is 5.10 Å². The number of carbonyl (C=O) groups is 1. The molecular weight excluding hydrogens is 413 g/mol. The molecule has 0 aliphatic heterocycles. The lowest BCUT2D eigenvalue weighted by atomic mass is 10.1. The van der Waals surface area contributed by atoms with Crippen molar-refractivity contribution < 1.29 is 9.18 Å². The Morgan fingerprint density at radius 1 is 1.06 bits per heavy atom. The Morgan fingerprint density at radius 2 is 1.90 bits per heavy atom. The van der Waals surface area contributed by atoms with E-state index in [9.17, 15) is 9.18 Å². The molecule has 152 valence electrons. The quantitative estimate of drug-likeness (QED) is 0.424. The number of nitrogens with one attached hydrogen (secondary N) is 1. The molecule has 1 amide bonds. The molecule has 6 nitrogen and oxygen atoms in total. The predicted molar refractivity (Wildman–Crippen MR) is 119 cm³/mol. The van der Waals surface area contributed by atoms with E-state index in [0.717, 1.165) is 27.2 Å². The Bertz CT molecular complexity index is 1410. The van der Waals surface area contributed by atoms with E-state index in [-0.39, 0.29) is 11.5 Å². The van der Waals surface area contributed by atoms with Crippen molar-refractivity contribution >= 4 is 33.1 Å². The zero-order valence-electron chi connectivity index (χ0n) is 16.4. The van der Waals surface area contributed by atoms with Crippen LogP contribution in [0.5, 0.6) is 0 Å². The number of halogens is 1. The number of pyridine rings is 1. The second kappa shape index (κ2) is 7.73. The fraction of sp³-hybridized carbons (Fsp3) is 0.0435. The number of thiazole rings is 1. The Balaban J connectivity index is 1.59. The average molecular weight is 429 g/mol. The zero-order chi connectivity index (χ0) is 21.4. The van der Waals surface area contributed by atoms with Gasteiger partial charge in [0.2, 0.25) is 0 Å². The van der Waals surface area contributed by atoms with Gasteiger partial charge in [0.15, 0.2) is 11.5 Å². The van der Waals surface area contributed by atoms with Crippen molar-refractivity contribution in [3.05, 3.63) is 89.4 Å². The molecule has 5 rings (SSSR count). The molecule has 0 radical (unpaired) electrons. The van der Waals surface area contributed by atoms with Crippen LogP contribution in [0.4, 0.5) is 10.1 Å². The van der Waals surface area contributed by atoms with Crippen molar-refractivity contribution in [1.29, 1.82) is 0 Å². The van der Waals surface area contributed by atoms with Crippen molar-refractivity contribution in [3.63, 3.8) is 0 Å². The summed E-state index contributed by atoms with van der Waals surface area (Å²) < 4.78 is 15.9. The van der Waals surface area contributed by atoms with E-state index in [0.29, 0.717) is 11.5 Å². The molecule has 1 N–H and O–H groups in total. The third-order valence-corrected chi connectivity index (χ3v) is 5.55. The van der Waals surface area contributed by atoms with Crippen LogP contribution in [0.1, 0.15) is 16.2 Å². The first-order valence-electron chi connectivity index (χ1n) is 9.51. The summed E-state index contributed by atoms with van der Waals surface area (Å²) in [5.41, 5.74) is 5.91. The van der Waals surface area contributed by atoms with Crippen molar-refractivity contribution in [3.8, 4) is 17.1 Å². The number of benzene rings is 2. The maximum absolute atomic E-state index is 13.2. The number of hydrogen-bond donors (Lipinski definition) is 1. The fourth-order valence-corrected chi connectivity index (χ4v) is 3.98. The van der Waals surface area contributed by atoms with Gasteiger partial charge in [0, 0.05) is 16.9 Å². The molecule has 8 heteroatoms. The first kappa shape index (κ1) is 19.1. The van der Waals surface area contributed by atoms with Crippen LogP contribution in [0, 0.1) is 12.7 Å². The number of hydrogen-bond acceptors (Lipinski definition) is 5. The largest absolute Gasteiger partial charge is 0.321 e. The number of aromatic nitrogens is 4. The van der Waals surface area contributed by atoms with E-state index in [1.54, 1.807) is 27.6 Å². The molecule has 0 aliphatic rings. The predicted octanol–water partition coefficient (Wildman–Crippen LogP) is 5.24. The molecule has 0 bridgehead atoms. The summed E-state index contributed by atoms with van der Waals surface area (Å²) in [6.07, 6.45) is 0. The number of nitrogens with zero attached hydrogens (tertiary/aromatic N) is 4. The van der Waals surface area contributed by atoms with Gasteiger partial charge in [-0.05, 0) is 61.5 Å². The number of rotatable bonds is 4. The van der Waals surface area contributed by atoms with Crippen LogP contribution < -0.4 is 5.32 Å². The standard InChI is InChI=1S/C23H16FN5OS/c1-14-3-2-4-22(26-14)29-20(15-5-10-18-21(11-15)31-13-25-18)12-19(28-29)23(30)27-17-8-6-16(24)7-9-17/h2-13H,1H3,(H,27,30). The van der Waals surface area contributed by atoms with E-state index < -0.39 is 5.91 Å². The zero-order valence-corrected chi connectivity index (χ0v) is 17.2. The van der Waals surface area contributed by atoms with Gasteiger partial charge in [0.05, 0.1) is 21.4 Å². The van der Waals surface area contributed by atoms with Crippen molar-refractivity contribution in [1.82, 2.24) is 19.7 Å². The molecule has 31 heavy (non-hydrogen) atoms. The van der Waals surface area contributed by atoms with Crippen LogP contribution in [-0.2, 0) is 0 Å². The van der Waals surface area contributed by atoms with E-state index in [1.807, 2.05) is 43.3 Å². The van der Waals surface area contributed by atoms with E-state index in [4.69, 9.17) is 0 Å². The molecule has 0 fully saturated rings. The van der Waals surface area contributed by atoms with Crippen LogP contribution >= 0.6 is 11.3 Å². The molecule has 0 spiro atoms. The second-order valence-electron chi connectivity index (χ2n) is 6.96. The van der Waals surface area contributed by atoms with Crippen LogP contribution in [0.25, 0.3) is 27.3 Å². The highest BCUT2D eigenvalue weighted by molar-refractivity contribution is 7.16. The highest BCUT2D eigenvalue weighted by Crippen LogP contribution is 2.28. The number of carbonyl (C=O) groups excluding carboxylic acids is 1. The van der Waals surface area contributed by atoms with Crippen LogP contribution in [0.3, 0.4) is 0 Å². The molecule has 0 atom stereocenters. The third-order valence-electron chi connectivity index (χ3n) is 4.76. The minimum atomic E-state index is -0.391. The molecule has 3 aromatic heterocycles. The van der Waals surface area contributed by atoms with Gasteiger partial charge in [-0.25, -0.2) is 19.0 Å². The normalized spacial score (nSPS) is 11.0. The van der Waals surface area contributed by atoms with E-state index in [1.165, 1.54) is 24.3 Å². The first-order chi connectivity index (χ1) is 15.1. The SMILES string of the molecule is Cc1cccc(-n2nc(C(=O)Nc3ccc(F)cc3)cc2-c2ccc3ncsc3c2)n1. The summed E-state index contributed by atoms with van der Waals surface area (Å²) >= 11 is 1.55. The molecular formula is C23H16FN5OS. The lowest BCUT2D eigenvalue weighted by molar-refractivity contribution is 0.102. The van der Waals surface area contributed by atoms with Gasteiger partial charge in [0.1, 0.15) is 5.82 Å². The summed E-state index contributed by atoms with van der Waals surface area (Å²) in [7, 11) is 0. The second-order valence-corrected chi connectivity index (χ2v) is 7.85. The van der Waals surface area contributed by atoms with Gasteiger partial charge < -0.3 is 5.32 Å². The Morgan fingerprint density at radius 3 is 2.71 bits per heavy atom. The molecule has 5 aromatic rings. The van der Waals surface area contributed by atoms with Gasteiger partial charge in [-0.3, -0.25) is 4.79 Å². The first-order valence-corrected chi connectivity index (χ1v) is 10.4. The maximum atomic E-state index is 13.2. The van der Waals surface area contributed by atoms with Crippen molar-refractivity contribution in [2.75, 3.05) is 5.32 Å². The summed E-state index contributed by atoms with van der Waals surface area (Å²) in [6, 6.07) is 18.9. The van der Waals surface area contributed by atoms with Crippen LogP contribution in [0.2, 0.25) is 0 Å². The summed E-state index contributed by atoms with van der Waals surface area (Å²) in [6.45, 7) is 1.90. The minimum absolute atomic E-state index is 0.229. The third kappa shape index (κ3) is 3.80. The fourth-order valence-electron chi connectivity index (χ4n) is 3.26. The molecule has 2 aromatic carbocycles. The molecule has 0 saturated heterocycles. The number of fused-ring (bicyclic) bond motifs is 1. The van der Waals surface area contributed by atoms with Crippen LogP contribution in [-0.4, -0.2) is 25.7 Å². The Hall–Kier alpha value is -3.91. The topological polar surface area (TPSA) is 72.7 Å². The molecule has 0 aliphatic carbocycles. The van der Waals surface area contributed by atoms with Gasteiger partial charge in [0.25, 0.3) is 5.91 Å². The lowest BCUT2D eigenvalue weighted by Crippen LogP contribution is -2.13. The minimum Gasteiger partial charge on any atom is -0.321 e. The smallest absolute Gasteiger partial charge is 0.276 e. The van der Waals surface area contributed by atoms with E-state index in [2.05, 4.69) is 20.4 Å². The average Bonchev–Trinajstić information content (AvgIpc) is 3.42. The van der Waals surface area contributed by atoms with Crippen molar-refractivity contribution in [2.24, 2.45) is 0 Å². The molecule has 0 unspecified atom stereocenters. The number of anilines is 1. The van der Waals surface area contributed by atoms with Gasteiger partial charge >= 0.3 is 0 Å². The maximum Gasteiger partial charge on any atom is 0.276 e. The Kier molecular flexibility index (Phi) is 4.76. The number of aryl methyl sites for hydroxylation is 1.